The summed E-state index contributed by atoms with van der Waals surface area (Å²) in [4.78, 5) is 27.5. The van der Waals surface area contributed by atoms with E-state index < -0.39 is 5.66 Å². The number of nitrogens with zero attached hydrogens (tertiary/aromatic N) is 3. The number of benzene rings is 1. The molecule has 30 heavy (non-hydrogen) atoms. The van der Waals surface area contributed by atoms with Gasteiger partial charge >= 0.3 is 0 Å². The maximum Gasteiger partial charge on any atom is 0.258 e. The molecule has 2 aromatic rings. The first kappa shape index (κ1) is 19.1. The molecule has 1 aromatic heterocycles. The molecule has 1 saturated heterocycles. The molecule has 1 aliphatic carbocycles. The van der Waals surface area contributed by atoms with E-state index in [-0.39, 0.29) is 23.5 Å². The van der Waals surface area contributed by atoms with Crippen LogP contribution in [0.2, 0.25) is 0 Å². The normalized spacial score (nSPS) is 27.4. The van der Waals surface area contributed by atoms with Crippen molar-refractivity contribution in [1.82, 2.24) is 25.3 Å². The minimum Gasteiger partial charge on any atom is -0.314 e. The molecule has 156 valence electrons. The molecule has 2 unspecified atom stereocenters. The largest absolute Gasteiger partial charge is 0.314 e. The summed E-state index contributed by atoms with van der Waals surface area (Å²) < 4.78 is 16.1. The Balaban J connectivity index is 1.82. The number of hydrogen-bond donors (Lipinski definition) is 2. The molecule has 2 N–H and O–H groups in total. The van der Waals surface area contributed by atoms with Crippen molar-refractivity contribution in [3.63, 3.8) is 0 Å². The Bertz CT molecular complexity index is 1130. The summed E-state index contributed by atoms with van der Waals surface area (Å²) in [6, 6.07) is 4.64. The number of carbonyl (C=O) groups is 2. The highest BCUT2D eigenvalue weighted by atomic mass is 19.1. The Kier molecular flexibility index (Phi) is 4.37. The van der Waals surface area contributed by atoms with Gasteiger partial charge in [0.15, 0.2) is 0 Å². The number of fused-ring (bicyclic) bond motifs is 1. The van der Waals surface area contributed by atoms with E-state index in [1.165, 1.54) is 12.1 Å². The Morgan fingerprint density at radius 1 is 1.23 bits per heavy atom. The third-order valence-electron chi connectivity index (χ3n) is 6.67. The number of amides is 2. The van der Waals surface area contributed by atoms with Crippen LogP contribution in [0.15, 0.2) is 47.2 Å². The van der Waals surface area contributed by atoms with Gasteiger partial charge in [-0.15, -0.1) is 0 Å². The molecule has 5 rings (SSSR count). The Morgan fingerprint density at radius 3 is 2.73 bits per heavy atom. The predicted molar refractivity (Wildman–Crippen MR) is 110 cm³/mol. The fourth-order valence-corrected chi connectivity index (χ4v) is 5.38. The predicted octanol–water partition coefficient (Wildman–Crippen LogP) is 1.67. The minimum atomic E-state index is -0.798. The van der Waals surface area contributed by atoms with Crippen molar-refractivity contribution >= 4 is 22.7 Å². The highest BCUT2D eigenvalue weighted by molar-refractivity contribution is 6.21. The average Bonchev–Trinajstić information content (AvgIpc) is 3.29. The van der Waals surface area contributed by atoms with Gasteiger partial charge < -0.3 is 5.32 Å². The molecule has 0 saturated carbocycles. The first-order chi connectivity index (χ1) is 14.5. The number of hydrogen-bond acceptors (Lipinski definition) is 5. The van der Waals surface area contributed by atoms with E-state index in [0.29, 0.717) is 23.1 Å². The third kappa shape index (κ3) is 2.47. The van der Waals surface area contributed by atoms with E-state index in [1.54, 1.807) is 12.3 Å². The zero-order valence-corrected chi connectivity index (χ0v) is 17.0. The van der Waals surface area contributed by atoms with Gasteiger partial charge in [-0.3, -0.25) is 19.8 Å². The number of halogens is 1. The van der Waals surface area contributed by atoms with Gasteiger partial charge in [-0.25, -0.2) is 9.07 Å². The van der Waals surface area contributed by atoms with Gasteiger partial charge in [0.2, 0.25) is 0 Å². The summed E-state index contributed by atoms with van der Waals surface area (Å²) in [7, 11) is 0. The monoisotopic (exact) mass is 409 g/mol. The van der Waals surface area contributed by atoms with E-state index in [2.05, 4.69) is 15.5 Å². The number of piperazine rings is 1. The van der Waals surface area contributed by atoms with Crippen LogP contribution in [0.3, 0.4) is 0 Å². The van der Waals surface area contributed by atoms with Crippen molar-refractivity contribution in [3.8, 4) is 0 Å². The van der Waals surface area contributed by atoms with Crippen LogP contribution >= 0.6 is 0 Å². The topological polar surface area (TPSA) is 79.3 Å². The Labute approximate surface area is 173 Å². The molecule has 0 radical (unpaired) electrons. The molecule has 0 spiro atoms. The number of rotatable bonds is 3. The zero-order chi connectivity index (χ0) is 21.0. The molecule has 1 aromatic carbocycles. The van der Waals surface area contributed by atoms with Crippen LogP contribution in [-0.2, 0) is 15.3 Å². The maximum absolute atomic E-state index is 14.2. The second kappa shape index (κ2) is 6.85. The second-order valence-electron chi connectivity index (χ2n) is 8.08. The molecule has 3 aliphatic rings. The van der Waals surface area contributed by atoms with Crippen molar-refractivity contribution in [3.05, 3.63) is 53.0 Å². The SMILES string of the molecule is CCC1=CC2=C(C(=O)NC2=O)C(C)C1(N1CCNCC1)n1ncc2ccc(F)cc21. The second-order valence-corrected chi connectivity index (χ2v) is 8.08. The highest BCUT2D eigenvalue weighted by Crippen LogP contribution is 2.49. The van der Waals surface area contributed by atoms with E-state index in [9.17, 15) is 14.0 Å². The lowest BCUT2D eigenvalue weighted by Crippen LogP contribution is -2.62. The van der Waals surface area contributed by atoms with Crippen LogP contribution in [0.1, 0.15) is 20.3 Å². The molecular weight excluding hydrogens is 385 g/mol. The first-order valence-electron chi connectivity index (χ1n) is 10.4. The number of carbonyl (C=O) groups excluding carboxylic acids is 2. The van der Waals surface area contributed by atoms with Gasteiger partial charge in [0.1, 0.15) is 11.5 Å². The molecule has 1 fully saturated rings. The summed E-state index contributed by atoms with van der Waals surface area (Å²) in [5.41, 5.74) is 1.80. The van der Waals surface area contributed by atoms with E-state index >= 15 is 0 Å². The molecule has 8 heteroatoms. The molecule has 3 heterocycles. The Morgan fingerprint density at radius 2 is 2.00 bits per heavy atom. The zero-order valence-electron chi connectivity index (χ0n) is 17.0. The summed E-state index contributed by atoms with van der Waals surface area (Å²) >= 11 is 0. The van der Waals surface area contributed by atoms with Crippen molar-refractivity contribution in [1.29, 1.82) is 0 Å². The van der Waals surface area contributed by atoms with Crippen LogP contribution < -0.4 is 10.6 Å². The van der Waals surface area contributed by atoms with Crippen LogP contribution in [0, 0.1) is 11.7 Å². The van der Waals surface area contributed by atoms with Crippen molar-refractivity contribution in [2.45, 2.75) is 25.9 Å². The van der Waals surface area contributed by atoms with Crippen LogP contribution in [0.25, 0.3) is 10.9 Å². The first-order valence-corrected chi connectivity index (χ1v) is 10.4. The Hall–Kier alpha value is -2.84. The minimum absolute atomic E-state index is 0.334. The van der Waals surface area contributed by atoms with Gasteiger partial charge in [0.05, 0.1) is 11.7 Å². The van der Waals surface area contributed by atoms with Gasteiger partial charge in [-0.05, 0) is 36.3 Å². The van der Waals surface area contributed by atoms with Crippen molar-refractivity contribution < 1.29 is 14.0 Å². The summed E-state index contributed by atoms with van der Waals surface area (Å²) in [5.74, 6) is -1.38. The summed E-state index contributed by atoms with van der Waals surface area (Å²) in [5, 5.41) is 11.4. The van der Waals surface area contributed by atoms with Crippen LogP contribution in [0.5, 0.6) is 0 Å². The molecule has 2 atom stereocenters. The fraction of sp³-hybridized carbons (Fsp3) is 0.409. The van der Waals surface area contributed by atoms with Gasteiger partial charge in [-0.2, -0.15) is 5.10 Å². The standard InChI is InChI=1S/C22H24FN5O2/c1-3-15-10-17-19(21(30)26-20(17)29)13(2)22(15,27-8-6-24-7-9-27)28-18-11-16(23)5-4-14(18)12-25-28/h4-5,10-13,24H,3,6-9H2,1-2H3,(H,26,29,30). The van der Waals surface area contributed by atoms with Gasteiger partial charge in [0.25, 0.3) is 11.8 Å². The molecule has 2 amide bonds. The maximum atomic E-state index is 14.2. The molecule has 2 aliphatic heterocycles. The molecule has 7 nitrogen and oxygen atoms in total. The smallest absolute Gasteiger partial charge is 0.258 e. The van der Waals surface area contributed by atoms with Crippen molar-refractivity contribution in [2.24, 2.45) is 5.92 Å². The number of imide groups is 1. The van der Waals surface area contributed by atoms with Crippen LogP contribution in [0.4, 0.5) is 4.39 Å². The lowest BCUT2D eigenvalue weighted by atomic mass is 9.73. The highest BCUT2D eigenvalue weighted by Gasteiger charge is 2.54. The molecular formula is C22H24FN5O2. The number of nitrogens with one attached hydrogen (secondary N) is 2. The molecule has 0 bridgehead atoms. The quantitative estimate of drug-likeness (QED) is 0.754. The van der Waals surface area contributed by atoms with E-state index in [4.69, 9.17) is 5.10 Å². The van der Waals surface area contributed by atoms with Gasteiger partial charge in [0, 0.05) is 48.6 Å². The van der Waals surface area contributed by atoms with E-state index in [0.717, 1.165) is 37.1 Å². The lowest BCUT2D eigenvalue weighted by Gasteiger charge is -2.52. The lowest BCUT2D eigenvalue weighted by molar-refractivity contribution is -0.124. The van der Waals surface area contributed by atoms with E-state index in [1.807, 2.05) is 24.6 Å². The third-order valence-corrected chi connectivity index (χ3v) is 6.67. The summed E-state index contributed by atoms with van der Waals surface area (Å²) in [6.45, 7) is 7.12. The van der Waals surface area contributed by atoms with Gasteiger partial charge in [-0.1, -0.05) is 13.8 Å². The van der Waals surface area contributed by atoms with Crippen molar-refractivity contribution in [2.75, 3.05) is 26.2 Å². The van der Waals surface area contributed by atoms with Crippen LogP contribution in [-0.4, -0.2) is 52.7 Å². The fourth-order valence-electron chi connectivity index (χ4n) is 5.38. The summed E-state index contributed by atoms with van der Waals surface area (Å²) in [6.07, 6.45) is 4.26. The average molecular weight is 409 g/mol. The number of aromatic nitrogens is 2.